The maximum Gasteiger partial charge on any atom is 0.124 e. The van der Waals surface area contributed by atoms with Gasteiger partial charge >= 0.3 is 0 Å². The van der Waals surface area contributed by atoms with Gasteiger partial charge in [-0.15, -0.1) is 0 Å². The van der Waals surface area contributed by atoms with E-state index in [2.05, 4.69) is 82.9 Å². The first kappa shape index (κ1) is 24.3. The van der Waals surface area contributed by atoms with E-state index in [-0.39, 0.29) is 18.1 Å². The minimum Gasteiger partial charge on any atom is -0.341 e. The van der Waals surface area contributed by atoms with Crippen LogP contribution in [0.4, 0.5) is 0 Å². The zero-order chi connectivity index (χ0) is 26.2. The lowest BCUT2D eigenvalue weighted by Crippen LogP contribution is -2.38. The number of aromatic amines is 3. The van der Waals surface area contributed by atoms with Crippen LogP contribution in [0.5, 0.6) is 0 Å². The third-order valence-electron chi connectivity index (χ3n) is 7.78. The Labute approximate surface area is 222 Å². The molecule has 8 nitrogen and oxygen atoms in total. The first-order valence-electron chi connectivity index (χ1n) is 13.3. The summed E-state index contributed by atoms with van der Waals surface area (Å²) in [4.78, 5) is 30.1. The molecule has 3 N–H and O–H groups in total. The number of hydrogen-bond acceptors (Lipinski definition) is 5. The largest absolute Gasteiger partial charge is 0.341 e. The molecule has 38 heavy (non-hydrogen) atoms. The molecule has 0 fully saturated rings. The molecule has 0 radical (unpaired) electrons. The van der Waals surface area contributed by atoms with Gasteiger partial charge in [-0.3, -0.25) is 9.80 Å². The Hall–Kier alpha value is -4.01. The SMILES string of the molecule is CC(c1nc2ccccc2[nH]1)N(C)CCN(C(C)c1nc2ccccc2[nH]1)C(C)c1nc2ccccc2[nH]1. The van der Waals surface area contributed by atoms with E-state index in [1.807, 2.05) is 42.5 Å². The lowest BCUT2D eigenvalue weighted by molar-refractivity contribution is 0.116. The fourth-order valence-corrected chi connectivity index (χ4v) is 5.22. The summed E-state index contributed by atoms with van der Waals surface area (Å²) in [5.41, 5.74) is 6.16. The molecular weight excluding hydrogens is 472 g/mol. The highest BCUT2D eigenvalue weighted by Gasteiger charge is 2.28. The highest BCUT2D eigenvalue weighted by Crippen LogP contribution is 2.30. The van der Waals surface area contributed by atoms with E-state index in [9.17, 15) is 0 Å². The quantitative estimate of drug-likeness (QED) is 0.219. The molecule has 0 saturated heterocycles. The minimum absolute atomic E-state index is 0.0560. The molecular formula is C30H34N8. The number of nitrogens with zero attached hydrogens (tertiary/aromatic N) is 5. The molecule has 0 bridgehead atoms. The van der Waals surface area contributed by atoms with Crippen LogP contribution in [0.15, 0.2) is 72.8 Å². The molecule has 0 aliphatic heterocycles. The topological polar surface area (TPSA) is 92.5 Å². The molecule has 3 heterocycles. The van der Waals surface area contributed by atoms with Gasteiger partial charge in [0.05, 0.1) is 51.2 Å². The number of aromatic nitrogens is 6. The Morgan fingerprint density at radius 3 is 1.32 bits per heavy atom. The molecule has 3 atom stereocenters. The molecule has 0 aliphatic carbocycles. The third kappa shape index (κ3) is 4.57. The molecule has 0 amide bonds. The smallest absolute Gasteiger partial charge is 0.124 e. The molecule has 194 valence electrons. The fraction of sp³-hybridized carbons (Fsp3) is 0.300. The number of likely N-dealkylation sites (N-methyl/N-ethyl adjacent to an activating group) is 1. The zero-order valence-electron chi connectivity index (χ0n) is 22.3. The Balaban J connectivity index is 1.26. The van der Waals surface area contributed by atoms with Crippen molar-refractivity contribution >= 4 is 33.1 Å². The molecule has 0 spiro atoms. The van der Waals surface area contributed by atoms with Crippen molar-refractivity contribution in [2.45, 2.75) is 38.9 Å². The van der Waals surface area contributed by atoms with E-state index in [4.69, 9.17) is 15.0 Å². The molecule has 6 aromatic rings. The molecule has 6 rings (SSSR count). The summed E-state index contributed by atoms with van der Waals surface area (Å²) in [7, 11) is 2.16. The maximum absolute atomic E-state index is 4.93. The van der Waals surface area contributed by atoms with E-state index < -0.39 is 0 Å². The van der Waals surface area contributed by atoms with Crippen LogP contribution >= 0.6 is 0 Å². The number of H-pyrrole nitrogens is 3. The summed E-state index contributed by atoms with van der Waals surface area (Å²) >= 11 is 0. The van der Waals surface area contributed by atoms with Crippen molar-refractivity contribution < 1.29 is 0 Å². The summed E-state index contributed by atoms with van der Waals surface area (Å²) in [6.45, 7) is 8.33. The highest BCUT2D eigenvalue weighted by atomic mass is 15.3. The number of benzene rings is 3. The minimum atomic E-state index is 0.0560. The predicted molar refractivity (Wildman–Crippen MR) is 153 cm³/mol. The average molecular weight is 507 g/mol. The number of fused-ring (bicyclic) bond motifs is 3. The number of rotatable bonds is 9. The van der Waals surface area contributed by atoms with Crippen LogP contribution in [-0.4, -0.2) is 59.8 Å². The fourth-order valence-electron chi connectivity index (χ4n) is 5.22. The van der Waals surface area contributed by atoms with Crippen LogP contribution < -0.4 is 0 Å². The highest BCUT2D eigenvalue weighted by molar-refractivity contribution is 5.76. The summed E-state index contributed by atoms with van der Waals surface area (Å²) < 4.78 is 0. The molecule has 8 heteroatoms. The Bertz CT molecular complexity index is 1500. The maximum atomic E-state index is 4.93. The van der Waals surface area contributed by atoms with Gasteiger partial charge in [0.2, 0.25) is 0 Å². The second-order valence-corrected chi connectivity index (χ2v) is 10.2. The average Bonchev–Trinajstić information content (AvgIpc) is 3.68. The second-order valence-electron chi connectivity index (χ2n) is 10.2. The lowest BCUT2D eigenvalue weighted by atomic mass is 10.1. The van der Waals surface area contributed by atoms with Crippen molar-refractivity contribution in [1.82, 2.24) is 39.7 Å². The number of nitrogens with one attached hydrogen (secondary N) is 3. The molecule has 0 saturated carbocycles. The van der Waals surface area contributed by atoms with E-state index in [0.29, 0.717) is 0 Å². The van der Waals surface area contributed by atoms with Gasteiger partial charge < -0.3 is 15.0 Å². The van der Waals surface area contributed by atoms with Gasteiger partial charge in [0, 0.05) is 13.1 Å². The first-order valence-corrected chi connectivity index (χ1v) is 13.3. The van der Waals surface area contributed by atoms with Gasteiger partial charge in [-0.1, -0.05) is 36.4 Å². The van der Waals surface area contributed by atoms with Gasteiger partial charge in [-0.2, -0.15) is 0 Å². The van der Waals surface area contributed by atoms with Crippen molar-refractivity contribution in [3.05, 3.63) is 90.3 Å². The summed E-state index contributed by atoms with van der Waals surface area (Å²) in [6, 6.07) is 24.8. The monoisotopic (exact) mass is 506 g/mol. The Kier molecular flexibility index (Phi) is 6.43. The summed E-state index contributed by atoms with van der Waals surface area (Å²) in [5, 5.41) is 0. The number of para-hydroxylation sites is 6. The van der Waals surface area contributed by atoms with Gasteiger partial charge in [0.15, 0.2) is 0 Å². The Morgan fingerprint density at radius 1 is 0.553 bits per heavy atom. The lowest BCUT2D eigenvalue weighted by Gasteiger charge is -2.35. The van der Waals surface area contributed by atoms with E-state index in [1.54, 1.807) is 0 Å². The van der Waals surface area contributed by atoms with Gasteiger partial charge in [0.25, 0.3) is 0 Å². The van der Waals surface area contributed by atoms with Crippen molar-refractivity contribution in [2.24, 2.45) is 0 Å². The van der Waals surface area contributed by atoms with Crippen LogP contribution in [0.25, 0.3) is 33.1 Å². The number of hydrogen-bond donors (Lipinski definition) is 3. The molecule has 0 aliphatic rings. The normalized spacial score (nSPS) is 14.7. The van der Waals surface area contributed by atoms with Gasteiger partial charge in [-0.25, -0.2) is 15.0 Å². The molecule has 3 aromatic heterocycles. The summed E-state index contributed by atoms with van der Waals surface area (Å²) in [5.74, 6) is 2.90. The van der Waals surface area contributed by atoms with Crippen LogP contribution in [0.3, 0.4) is 0 Å². The third-order valence-corrected chi connectivity index (χ3v) is 7.78. The standard InChI is InChI=1S/C30H34N8/c1-19(28-31-22-11-5-6-12-23(22)32-28)37(4)17-18-38(20(2)29-33-24-13-7-8-14-25(24)34-29)21(3)30-35-26-15-9-10-16-27(26)36-30/h5-16,19-21H,17-18H2,1-4H3,(H,31,32)(H,33,34)(H,35,36). The van der Waals surface area contributed by atoms with Crippen LogP contribution in [0.1, 0.15) is 56.4 Å². The van der Waals surface area contributed by atoms with Crippen molar-refractivity contribution in [3.8, 4) is 0 Å². The molecule has 3 unspecified atom stereocenters. The van der Waals surface area contributed by atoms with E-state index in [1.165, 1.54) is 0 Å². The van der Waals surface area contributed by atoms with Crippen molar-refractivity contribution in [2.75, 3.05) is 20.1 Å². The van der Waals surface area contributed by atoms with Gasteiger partial charge in [0.1, 0.15) is 17.5 Å². The van der Waals surface area contributed by atoms with Crippen LogP contribution in [0.2, 0.25) is 0 Å². The summed E-state index contributed by atoms with van der Waals surface area (Å²) in [6.07, 6.45) is 0. The van der Waals surface area contributed by atoms with E-state index in [0.717, 1.165) is 63.7 Å². The van der Waals surface area contributed by atoms with E-state index >= 15 is 0 Å². The zero-order valence-corrected chi connectivity index (χ0v) is 22.3. The predicted octanol–water partition coefficient (Wildman–Crippen LogP) is 6.13. The van der Waals surface area contributed by atoms with Crippen molar-refractivity contribution in [1.29, 1.82) is 0 Å². The second kappa shape index (κ2) is 10.0. The molecule has 3 aromatic carbocycles. The van der Waals surface area contributed by atoms with Crippen LogP contribution in [0, 0.1) is 0 Å². The van der Waals surface area contributed by atoms with Gasteiger partial charge in [-0.05, 0) is 64.2 Å². The van der Waals surface area contributed by atoms with Crippen molar-refractivity contribution in [3.63, 3.8) is 0 Å². The Morgan fingerprint density at radius 2 is 0.921 bits per heavy atom. The number of imidazole rings is 3. The first-order chi connectivity index (χ1) is 18.5. The van der Waals surface area contributed by atoms with Crippen LogP contribution in [-0.2, 0) is 0 Å².